The number of aryl methyl sites for hydroxylation is 1. The van der Waals surface area contributed by atoms with Gasteiger partial charge in [-0.05, 0) is 29.8 Å². The van der Waals surface area contributed by atoms with Gasteiger partial charge in [0.05, 0.1) is 23.5 Å². The molecule has 108 valence electrons. The highest BCUT2D eigenvalue weighted by atomic mass is 16.3. The Balaban J connectivity index is 1.78. The number of para-hydroxylation sites is 1. The van der Waals surface area contributed by atoms with Crippen LogP contribution in [-0.4, -0.2) is 28.3 Å². The number of imidazole rings is 1. The van der Waals surface area contributed by atoms with Crippen molar-refractivity contribution in [1.29, 1.82) is 0 Å². The van der Waals surface area contributed by atoms with Crippen molar-refractivity contribution in [3.8, 4) is 0 Å². The molecule has 3 aromatic rings. The van der Waals surface area contributed by atoms with E-state index in [2.05, 4.69) is 4.98 Å². The van der Waals surface area contributed by atoms with Crippen LogP contribution in [0.15, 0.2) is 54.9 Å². The highest BCUT2D eigenvalue weighted by molar-refractivity contribution is 5.76. The van der Waals surface area contributed by atoms with Crippen molar-refractivity contribution in [2.75, 3.05) is 18.5 Å². The largest absolute Gasteiger partial charge is 0.387 e. The first-order valence-electron chi connectivity index (χ1n) is 7.00. The molecule has 0 spiro atoms. The lowest BCUT2D eigenvalue weighted by molar-refractivity contribution is 0.185. The van der Waals surface area contributed by atoms with Gasteiger partial charge in [-0.15, -0.1) is 0 Å². The number of aliphatic hydroxyl groups excluding tert-OH is 1. The predicted molar refractivity (Wildman–Crippen MR) is 85.4 cm³/mol. The number of rotatable bonds is 4. The van der Waals surface area contributed by atoms with Gasteiger partial charge < -0.3 is 14.6 Å². The quantitative estimate of drug-likeness (QED) is 0.799. The fourth-order valence-electron chi connectivity index (χ4n) is 2.51. The van der Waals surface area contributed by atoms with Crippen LogP contribution in [0.3, 0.4) is 0 Å². The zero-order valence-electron chi connectivity index (χ0n) is 12.3. The van der Waals surface area contributed by atoms with Gasteiger partial charge in [0.2, 0.25) is 0 Å². The Bertz CT molecular complexity index is 736. The van der Waals surface area contributed by atoms with Gasteiger partial charge >= 0.3 is 0 Å². The summed E-state index contributed by atoms with van der Waals surface area (Å²) in [4.78, 5) is 6.39. The SMILES string of the molecule is CN(CC(O)c1ccc2c(c1)ncn2C)c1ccccc1. The summed E-state index contributed by atoms with van der Waals surface area (Å²) in [6.07, 6.45) is 1.25. The minimum absolute atomic E-state index is 0.540. The lowest BCUT2D eigenvalue weighted by atomic mass is 10.1. The summed E-state index contributed by atoms with van der Waals surface area (Å²) in [5.74, 6) is 0. The molecule has 1 heterocycles. The minimum Gasteiger partial charge on any atom is -0.387 e. The molecule has 1 N–H and O–H groups in total. The van der Waals surface area contributed by atoms with E-state index in [0.717, 1.165) is 22.3 Å². The highest BCUT2D eigenvalue weighted by Crippen LogP contribution is 2.21. The average molecular weight is 281 g/mol. The molecule has 0 aliphatic carbocycles. The maximum Gasteiger partial charge on any atom is 0.0965 e. The molecule has 2 aromatic carbocycles. The van der Waals surface area contributed by atoms with Crippen LogP contribution >= 0.6 is 0 Å². The van der Waals surface area contributed by atoms with Gasteiger partial charge in [-0.1, -0.05) is 24.3 Å². The molecular weight excluding hydrogens is 262 g/mol. The van der Waals surface area contributed by atoms with E-state index in [0.29, 0.717) is 6.54 Å². The summed E-state index contributed by atoms with van der Waals surface area (Å²) in [5.41, 5.74) is 3.97. The van der Waals surface area contributed by atoms with E-state index in [1.54, 1.807) is 6.33 Å². The van der Waals surface area contributed by atoms with Crippen molar-refractivity contribution in [3.05, 3.63) is 60.4 Å². The number of hydrogen-bond donors (Lipinski definition) is 1. The summed E-state index contributed by atoms with van der Waals surface area (Å²) in [7, 11) is 3.95. The van der Waals surface area contributed by atoms with Crippen LogP contribution in [0.25, 0.3) is 11.0 Å². The summed E-state index contributed by atoms with van der Waals surface area (Å²) < 4.78 is 1.97. The van der Waals surface area contributed by atoms with Crippen LogP contribution in [0.4, 0.5) is 5.69 Å². The lowest BCUT2D eigenvalue weighted by Gasteiger charge is -2.23. The van der Waals surface area contributed by atoms with Gasteiger partial charge in [0.15, 0.2) is 0 Å². The molecule has 0 saturated carbocycles. The normalized spacial score (nSPS) is 12.5. The number of benzene rings is 2. The van der Waals surface area contributed by atoms with Crippen molar-refractivity contribution in [1.82, 2.24) is 9.55 Å². The van der Waals surface area contributed by atoms with E-state index >= 15 is 0 Å². The molecule has 21 heavy (non-hydrogen) atoms. The first-order chi connectivity index (χ1) is 10.1. The molecule has 0 fully saturated rings. The Morgan fingerprint density at radius 2 is 1.95 bits per heavy atom. The third-order valence-corrected chi connectivity index (χ3v) is 3.78. The van der Waals surface area contributed by atoms with Gasteiger partial charge in [-0.3, -0.25) is 0 Å². The van der Waals surface area contributed by atoms with Gasteiger partial charge in [-0.25, -0.2) is 4.98 Å². The monoisotopic (exact) mass is 281 g/mol. The molecule has 0 saturated heterocycles. The van der Waals surface area contributed by atoms with E-state index in [-0.39, 0.29) is 0 Å². The first-order valence-corrected chi connectivity index (χ1v) is 7.00. The number of likely N-dealkylation sites (N-methyl/N-ethyl adjacent to an activating group) is 1. The standard InChI is InChI=1S/C17H19N3O/c1-19(14-6-4-3-5-7-14)11-17(21)13-8-9-16-15(10-13)18-12-20(16)2/h3-10,12,17,21H,11H2,1-2H3. The fourth-order valence-corrected chi connectivity index (χ4v) is 2.51. The van der Waals surface area contributed by atoms with Crippen molar-refractivity contribution in [2.45, 2.75) is 6.10 Å². The molecule has 0 aliphatic heterocycles. The molecule has 0 aliphatic rings. The number of hydrogen-bond acceptors (Lipinski definition) is 3. The van der Waals surface area contributed by atoms with E-state index in [4.69, 9.17) is 0 Å². The topological polar surface area (TPSA) is 41.3 Å². The second-order valence-electron chi connectivity index (χ2n) is 5.34. The highest BCUT2D eigenvalue weighted by Gasteiger charge is 2.12. The predicted octanol–water partition coefficient (Wildman–Crippen LogP) is 2.74. The number of nitrogens with zero attached hydrogens (tertiary/aromatic N) is 3. The Hall–Kier alpha value is -2.33. The molecule has 0 amide bonds. The van der Waals surface area contributed by atoms with E-state index < -0.39 is 6.10 Å². The second-order valence-corrected chi connectivity index (χ2v) is 5.34. The maximum atomic E-state index is 10.4. The molecule has 3 rings (SSSR count). The van der Waals surface area contributed by atoms with Gasteiger partial charge in [0.25, 0.3) is 0 Å². The summed E-state index contributed by atoms with van der Waals surface area (Å²) in [6, 6.07) is 16.0. The lowest BCUT2D eigenvalue weighted by Crippen LogP contribution is -2.24. The van der Waals surface area contributed by atoms with E-state index in [1.165, 1.54) is 0 Å². The summed E-state index contributed by atoms with van der Waals surface area (Å²) in [5, 5.41) is 10.4. The zero-order chi connectivity index (χ0) is 14.8. The van der Waals surface area contributed by atoms with Crippen LogP contribution in [0, 0.1) is 0 Å². The van der Waals surface area contributed by atoms with Crippen molar-refractivity contribution < 1.29 is 5.11 Å². The molecule has 0 radical (unpaired) electrons. The average Bonchev–Trinajstić information content (AvgIpc) is 2.89. The second kappa shape index (κ2) is 5.58. The summed E-state index contributed by atoms with van der Waals surface area (Å²) in [6.45, 7) is 0.544. The molecule has 4 heteroatoms. The van der Waals surface area contributed by atoms with Crippen LogP contribution < -0.4 is 4.90 Å². The van der Waals surface area contributed by atoms with Crippen molar-refractivity contribution in [3.63, 3.8) is 0 Å². The van der Waals surface area contributed by atoms with Crippen molar-refractivity contribution >= 4 is 16.7 Å². The molecular formula is C17H19N3O. The van der Waals surface area contributed by atoms with Crippen LogP contribution in [0.5, 0.6) is 0 Å². The van der Waals surface area contributed by atoms with Crippen LogP contribution in [0.1, 0.15) is 11.7 Å². The smallest absolute Gasteiger partial charge is 0.0965 e. The van der Waals surface area contributed by atoms with E-state index in [9.17, 15) is 5.11 Å². The zero-order valence-corrected chi connectivity index (χ0v) is 12.3. The van der Waals surface area contributed by atoms with E-state index in [1.807, 2.05) is 72.1 Å². The Labute approximate surface area is 124 Å². The Kier molecular flexibility index (Phi) is 3.62. The minimum atomic E-state index is -0.540. The molecule has 1 atom stereocenters. The van der Waals surface area contributed by atoms with Gasteiger partial charge in [-0.2, -0.15) is 0 Å². The maximum absolute atomic E-state index is 10.4. The van der Waals surface area contributed by atoms with Gasteiger partial charge in [0, 0.05) is 26.3 Å². The molecule has 1 aromatic heterocycles. The van der Waals surface area contributed by atoms with Crippen LogP contribution in [0.2, 0.25) is 0 Å². The Morgan fingerprint density at radius 3 is 2.71 bits per heavy atom. The van der Waals surface area contributed by atoms with Gasteiger partial charge in [0.1, 0.15) is 0 Å². The third-order valence-electron chi connectivity index (χ3n) is 3.78. The molecule has 0 bridgehead atoms. The third kappa shape index (κ3) is 2.76. The number of fused-ring (bicyclic) bond motifs is 1. The number of aliphatic hydroxyl groups is 1. The number of aromatic nitrogens is 2. The van der Waals surface area contributed by atoms with Crippen LogP contribution in [-0.2, 0) is 7.05 Å². The molecule has 1 unspecified atom stereocenters. The Morgan fingerprint density at radius 1 is 1.19 bits per heavy atom. The molecule has 4 nitrogen and oxygen atoms in total. The number of anilines is 1. The summed E-state index contributed by atoms with van der Waals surface area (Å²) >= 11 is 0. The van der Waals surface area contributed by atoms with Crippen molar-refractivity contribution in [2.24, 2.45) is 7.05 Å². The first kappa shape index (κ1) is 13.6. The fraction of sp³-hybridized carbons (Fsp3) is 0.235.